The van der Waals surface area contributed by atoms with Gasteiger partial charge >= 0.3 is 0 Å². The smallest absolute Gasteiger partial charge is 0.191 e. The molecular formula is C19H34N4O2S. The Morgan fingerprint density at radius 3 is 2.69 bits per heavy atom. The normalized spacial score (nSPS) is 13.0. The Bertz CT molecular complexity index is 526. The van der Waals surface area contributed by atoms with Crippen LogP contribution < -0.4 is 10.6 Å². The summed E-state index contributed by atoms with van der Waals surface area (Å²) in [5.74, 6) is 1.99. The number of hydrogen-bond acceptors (Lipinski definition) is 4. The van der Waals surface area contributed by atoms with Crippen molar-refractivity contribution in [2.45, 2.75) is 19.1 Å². The Morgan fingerprint density at radius 2 is 2.00 bits per heavy atom. The lowest BCUT2D eigenvalue weighted by atomic mass is 10.2. The minimum Gasteiger partial charge on any atom is -0.385 e. The Morgan fingerprint density at radius 1 is 1.23 bits per heavy atom. The second-order valence-corrected chi connectivity index (χ2v) is 7.69. The molecule has 0 aliphatic heterocycles. The zero-order valence-corrected chi connectivity index (χ0v) is 17.2. The van der Waals surface area contributed by atoms with E-state index >= 15 is 0 Å². The minimum absolute atomic E-state index is 0.600. The third-order valence-corrected chi connectivity index (χ3v) is 5.09. The predicted molar refractivity (Wildman–Crippen MR) is 111 cm³/mol. The number of methoxy groups -OCH3 is 1. The van der Waals surface area contributed by atoms with Crippen LogP contribution in [0.3, 0.4) is 0 Å². The van der Waals surface area contributed by atoms with Crippen molar-refractivity contribution in [3.8, 4) is 0 Å². The Labute approximate surface area is 160 Å². The molecule has 0 spiro atoms. The molecule has 1 unspecified atom stereocenters. The van der Waals surface area contributed by atoms with Gasteiger partial charge in [-0.25, -0.2) is 0 Å². The fraction of sp³-hybridized carbons (Fsp3) is 0.632. The highest BCUT2D eigenvalue weighted by molar-refractivity contribution is 7.84. The number of nitrogens with one attached hydrogen (secondary N) is 2. The topological polar surface area (TPSA) is 66.0 Å². The van der Waals surface area contributed by atoms with Gasteiger partial charge in [0.25, 0.3) is 0 Å². The summed E-state index contributed by atoms with van der Waals surface area (Å²) in [5, 5.41) is 6.50. The lowest BCUT2D eigenvalue weighted by Crippen LogP contribution is -2.39. The van der Waals surface area contributed by atoms with Gasteiger partial charge in [0.1, 0.15) is 0 Å². The molecule has 1 aromatic carbocycles. The average molecular weight is 383 g/mol. The fourth-order valence-electron chi connectivity index (χ4n) is 2.38. The number of benzene rings is 1. The van der Waals surface area contributed by atoms with Crippen molar-refractivity contribution in [1.82, 2.24) is 15.5 Å². The number of nitrogens with zero attached hydrogens (tertiary/aromatic N) is 2. The van der Waals surface area contributed by atoms with E-state index in [2.05, 4.69) is 27.6 Å². The van der Waals surface area contributed by atoms with Gasteiger partial charge in [0.05, 0.1) is 6.54 Å². The molecule has 0 heterocycles. The Balaban J connectivity index is 2.27. The summed E-state index contributed by atoms with van der Waals surface area (Å²) in [5.41, 5.74) is 1.11. The number of likely N-dealkylation sites (N-methyl/N-ethyl adjacent to an activating group) is 1. The summed E-state index contributed by atoms with van der Waals surface area (Å²) in [6.45, 7) is 6.93. The van der Waals surface area contributed by atoms with Gasteiger partial charge in [-0.05, 0) is 26.0 Å². The van der Waals surface area contributed by atoms with Crippen LogP contribution in [0.5, 0.6) is 0 Å². The van der Waals surface area contributed by atoms with Crippen molar-refractivity contribution >= 4 is 16.8 Å². The van der Waals surface area contributed by atoms with Crippen LogP contribution in [-0.2, 0) is 21.3 Å². The molecule has 0 aliphatic rings. The molecular weight excluding hydrogens is 348 g/mol. The molecule has 7 heteroatoms. The third kappa shape index (κ3) is 11.2. The van der Waals surface area contributed by atoms with E-state index in [4.69, 9.17) is 4.74 Å². The summed E-state index contributed by atoms with van der Waals surface area (Å²) >= 11 is 0. The molecule has 1 atom stereocenters. The highest BCUT2D eigenvalue weighted by Crippen LogP contribution is 2.02. The van der Waals surface area contributed by atoms with Gasteiger partial charge in [-0.3, -0.25) is 9.20 Å². The van der Waals surface area contributed by atoms with Gasteiger partial charge in [0.2, 0.25) is 0 Å². The van der Waals surface area contributed by atoms with Crippen LogP contribution in [-0.4, -0.2) is 74.3 Å². The van der Waals surface area contributed by atoms with Crippen LogP contribution in [0.15, 0.2) is 35.3 Å². The van der Waals surface area contributed by atoms with Crippen molar-refractivity contribution in [1.29, 1.82) is 0 Å². The molecule has 6 nitrogen and oxygen atoms in total. The van der Waals surface area contributed by atoms with E-state index in [0.717, 1.165) is 50.7 Å². The van der Waals surface area contributed by atoms with E-state index in [0.29, 0.717) is 18.1 Å². The Hall–Kier alpha value is -1.44. The monoisotopic (exact) mass is 382 g/mol. The molecule has 0 aromatic heterocycles. The van der Waals surface area contributed by atoms with Crippen molar-refractivity contribution in [3.63, 3.8) is 0 Å². The molecule has 0 aliphatic carbocycles. The van der Waals surface area contributed by atoms with Crippen LogP contribution in [0.2, 0.25) is 0 Å². The summed E-state index contributed by atoms with van der Waals surface area (Å²) in [7, 11) is 2.95. The van der Waals surface area contributed by atoms with Gasteiger partial charge in [0, 0.05) is 62.2 Å². The van der Waals surface area contributed by atoms with E-state index < -0.39 is 10.8 Å². The Kier molecular flexibility index (Phi) is 12.8. The molecule has 26 heavy (non-hydrogen) atoms. The standard InChI is InChI=1S/C19H34N4O2S/c1-4-20-19(21-11-14-23(2)13-8-15-25-3)22-12-16-26(24)17-18-9-6-5-7-10-18/h5-7,9-10H,4,8,11-17H2,1-3H3,(H2,20,21,22). The zero-order valence-electron chi connectivity index (χ0n) is 16.4. The second kappa shape index (κ2) is 14.7. The van der Waals surface area contributed by atoms with Gasteiger partial charge in [-0.1, -0.05) is 30.3 Å². The fourth-order valence-corrected chi connectivity index (χ4v) is 3.42. The van der Waals surface area contributed by atoms with Crippen LogP contribution in [0.4, 0.5) is 0 Å². The molecule has 1 rings (SSSR count). The molecule has 148 valence electrons. The SMILES string of the molecule is CCNC(=NCCN(C)CCCOC)NCCS(=O)Cc1ccccc1. The number of hydrogen-bond donors (Lipinski definition) is 2. The van der Waals surface area contributed by atoms with E-state index in [1.54, 1.807) is 7.11 Å². The van der Waals surface area contributed by atoms with Crippen LogP contribution in [0, 0.1) is 0 Å². The van der Waals surface area contributed by atoms with Gasteiger partial charge in [-0.2, -0.15) is 0 Å². The molecule has 1 aromatic rings. The molecule has 0 fully saturated rings. The summed E-state index contributed by atoms with van der Waals surface area (Å²) < 4.78 is 17.2. The average Bonchev–Trinajstić information content (AvgIpc) is 2.63. The molecule has 2 N–H and O–H groups in total. The van der Waals surface area contributed by atoms with Crippen molar-refractivity contribution in [3.05, 3.63) is 35.9 Å². The highest BCUT2D eigenvalue weighted by atomic mass is 32.2. The summed E-state index contributed by atoms with van der Waals surface area (Å²) in [6.07, 6.45) is 1.03. The second-order valence-electron chi connectivity index (χ2n) is 6.11. The van der Waals surface area contributed by atoms with Crippen molar-refractivity contribution in [2.75, 3.05) is 59.2 Å². The highest BCUT2D eigenvalue weighted by Gasteiger charge is 2.03. The first-order chi connectivity index (χ1) is 12.7. The van der Waals surface area contributed by atoms with Gasteiger partial charge in [-0.15, -0.1) is 0 Å². The number of guanidine groups is 1. The number of aliphatic imine (C=N–C) groups is 1. The summed E-state index contributed by atoms with van der Waals surface area (Å²) in [6, 6.07) is 9.96. The molecule has 0 amide bonds. The first kappa shape index (κ1) is 22.6. The maximum absolute atomic E-state index is 12.2. The molecule has 0 saturated heterocycles. The van der Waals surface area contributed by atoms with Crippen LogP contribution in [0.25, 0.3) is 0 Å². The largest absolute Gasteiger partial charge is 0.385 e. The minimum atomic E-state index is -0.875. The van der Waals surface area contributed by atoms with E-state index in [1.807, 2.05) is 37.3 Å². The quantitative estimate of drug-likeness (QED) is 0.307. The maximum Gasteiger partial charge on any atom is 0.191 e. The third-order valence-electron chi connectivity index (χ3n) is 3.78. The lowest BCUT2D eigenvalue weighted by molar-refractivity contribution is 0.180. The summed E-state index contributed by atoms with van der Waals surface area (Å²) in [4.78, 5) is 6.84. The van der Waals surface area contributed by atoms with Crippen LogP contribution in [0.1, 0.15) is 18.9 Å². The van der Waals surface area contributed by atoms with E-state index in [-0.39, 0.29) is 0 Å². The first-order valence-corrected chi connectivity index (χ1v) is 10.7. The van der Waals surface area contributed by atoms with Gasteiger partial charge in [0.15, 0.2) is 5.96 Å². The van der Waals surface area contributed by atoms with Crippen molar-refractivity contribution < 1.29 is 8.95 Å². The van der Waals surface area contributed by atoms with E-state index in [1.165, 1.54) is 0 Å². The molecule has 0 saturated carbocycles. The molecule has 0 bridgehead atoms. The van der Waals surface area contributed by atoms with Crippen molar-refractivity contribution in [2.24, 2.45) is 4.99 Å². The maximum atomic E-state index is 12.2. The van der Waals surface area contributed by atoms with Crippen LogP contribution >= 0.6 is 0 Å². The molecule has 0 radical (unpaired) electrons. The number of rotatable bonds is 13. The zero-order chi connectivity index (χ0) is 19.0. The van der Waals surface area contributed by atoms with Gasteiger partial charge < -0.3 is 20.3 Å². The van der Waals surface area contributed by atoms with E-state index in [9.17, 15) is 4.21 Å². The first-order valence-electron chi connectivity index (χ1n) is 9.24. The predicted octanol–water partition coefficient (Wildman–Crippen LogP) is 1.46. The lowest BCUT2D eigenvalue weighted by Gasteiger charge is -2.16. The number of ether oxygens (including phenoxy) is 1.